The van der Waals surface area contributed by atoms with Gasteiger partial charge in [0.1, 0.15) is 29.5 Å². The number of fused-ring (bicyclic) bond motifs is 1. The van der Waals surface area contributed by atoms with Crippen LogP contribution in [0.25, 0.3) is 10.9 Å². The Kier molecular flexibility index (Phi) is 6.65. The fraction of sp³-hybridized carbons (Fsp3) is 0.348. The lowest BCUT2D eigenvalue weighted by Crippen LogP contribution is -2.30. The van der Waals surface area contributed by atoms with Gasteiger partial charge < -0.3 is 24.1 Å². The van der Waals surface area contributed by atoms with E-state index in [1.807, 2.05) is 67.8 Å². The quantitative estimate of drug-likeness (QED) is 0.551. The van der Waals surface area contributed by atoms with Crippen molar-refractivity contribution in [2.75, 3.05) is 26.9 Å². The number of nitrogens with zero attached hydrogens (tertiary/aromatic N) is 1. The highest BCUT2D eigenvalue weighted by Gasteiger charge is 2.19. The summed E-state index contributed by atoms with van der Waals surface area (Å²) in [7, 11) is 1.63. The molecular formula is C23H28N2O4. The average Bonchev–Trinajstić information content (AvgIpc) is 3.03. The largest absolute Gasteiger partial charge is 0.497 e. The molecule has 1 heterocycles. The number of ether oxygens (including phenoxy) is 3. The van der Waals surface area contributed by atoms with E-state index in [-0.39, 0.29) is 5.91 Å². The molecule has 0 bridgehead atoms. The lowest BCUT2D eigenvalue weighted by Gasteiger charge is -2.11. The maximum Gasteiger partial charge on any atom is 0.268 e. The van der Waals surface area contributed by atoms with E-state index in [4.69, 9.17) is 14.2 Å². The molecule has 3 rings (SSSR count). The molecule has 0 fully saturated rings. The third-order valence-electron chi connectivity index (χ3n) is 4.85. The molecule has 6 nitrogen and oxygen atoms in total. The highest BCUT2D eigenvalue weighted by molar-refractivity contribution is 6.02. The van der Waals surface area contributed by atoms with Crippen LogP contribution in [-0.2, 0) is 6.54 Å². The van der Waals surface area contributed by atoms with Crippen molar-refractivity contribution in [2.24, 2.45) is 0 Å². The molecule has 0 spiro atoms. The number of carbonyl (C=O) groups is 1. The van der Waals surface area contributed by atoms with Crippen LogP contribution in [0.4, 0.5) is 0 Å². The van der Waals surface area contributed by atoms with Gasteiger partial charge in [-0.1, -0.05) is 0 Å². The van der Waals surface area contributed by atoms with Gasteiger partial charge >= 0.3 is 0 Å². The number of amides is 1. The second-order valence-electron chi connectivity index (χ2n) is 6.61. The van der Waals surface area contributed by atoms with Crippen LogP contribution in [0.15, 0.2) is 42.5 Å². The normalized spacial score (nSPS) is 10.8. The zero-order valence-corrected chi connectivity index (χ0v) is 17.5. The number of aryl methyl sites for hydroxylation is 2. The summed E-state index contributed by atoms with van der Waals surface area (Å²) in [5.41, 5.74) is 2.67. The summed E-state index contributed by atoms with van der Waals surface area (Å²) in [5.74, 6) is 2.23. The van der Waals surface area contributed by atoms with E-state index in [9.17, 15) is 4.79 Å². The average molecular weight is 396 g/mol. The first-order valence-electron chi connectivity index (χ1n) is 9.89. The third-order valence-corrected chi connectivity index (χ3v) is 4.85. The van der Waals surface area contributed by atoms with Gasteiger partial charge in [0, 0.05) is 17.4 Å². The van der Waals surface area contributed by atoms with Gasteiger partial charge in [-0.25, -0.2) is 0 Å². The van der Waals surface area contributed by atoms with E-state index in [1.165, 1.54) is 0 Å². The predicted molar refractivity (Wildman–Crippen MR) is 114 cm³/mol. The Labute approximate surface area is 171 Å². The van der Waals surface area contributed by atoms with Crippen molar-refractivity contribution in [3.63, 3.8) is 0 Å². The van der Waals surface area contributed by atoms with Gasteiger partial charge in [-0.2, -0.15) is 0 Å². The van der Waals surface area contributed by atoms with Gasteiger partial charge in [0.2, 0.25) is 0 Å². The van der Waals surface area contributed by atoms with Crippen molar-refractivity contribution < 1.29 is 19.0 Å². The molecule has 0 aliphatic carbocycles. The molecule has 0 unspecified atom stereocenters. The maximum atomic E-state index is 12.9. The zero-order chi connectivity index (χ0) is 20.8. The number of hydrogen-bond acceptors (Lipinski definition) is 4. The molecule has 2 aromatic carbocycles. The second kappa shape index (κ2) is 9.37. The van der Waals surface area contributed by atoms with Crippen molar-refractivity contribution in [1.29, 1.82) is 0 Å². The number of benzene rings is 2. The van der Waals surface area contributed by atoms with Gasteiger partial charge in [-0.15, -0.1) is 0 Å². The fourth-order valence-electron chi connectivity index (χ4n) is 3.47. The lowest BCUT2D eigenvalue weighted by atomic mass is 10.1. The molecule has 0 aliphatic heterocycles. The van der Waals surface area contributed by atoms with Gasteiger partial charge in [0.05, 0.1) is 20.3 Å². The van der Waals surface area contributed by atoms with Crippen molar-refractivity contribution in [2.45, 2.75) is 27.3 Å². The molecule has 0 atom stereocenters. The molecule has 0 radical (unpaired) electrons. The van der Waals surface area contributed by atoms with Crippen LogP contribution in [0.5, 0.6) is 17.2 Å². The first kappa shape index (κ1) is 20.6. The molecule has 0 saturated carbocycles. The van der Waals surface area contributed by atoms with E-state index in [1.54, 1.807) is 7.11 Å². The molecule has 1 N–H and O–H groups in total. The molecule has 1 amide bonds. The first-order chi connectivity index (χ1) is 14.1. The van der Waals surface area contributed by atoms with Gasteiger partial charge in [0.15, 0.2) is 0 Å². The standard InChI is InChI=1S/C23H28N2O4/c1-5-25-21-12-11-19(28-6-2)15-20(21)16(3)22(25)23(26)24-13-14-29-18-9-7-17(27-4)8-10-18/h7-12,15H,5-6,13-14H2,1-4H3,(H,24,26). The fourth-order valence-corrected chi connectivity index (χ4v) is 3.47. The number of methoxy groups -OCH3 is 1. The van der Waals surface area contributed by atoms with Crippen molar-refractivity contribution >= 4 is 16.8 Å². The van der Waals surface area contributed by atoms with Crippen LogP contribution >= 0.6 is 0 Å². The summed E-state index contributed by atoms with van der Waals surface area (Å²) in [4.78, 5) is 12.9. The topological polar surface area (TPSA) is 61.7 Å². The van der Waals surface area contributed by atoms with E-state index in [0.29, 0.717) is 32.0 Å². The summed E-state index contributed by atoms with van der Waals surface area (Å²) in [6.07, 6.45) is 0. The van der Waals surface area contributed by atoms with E-state index >= 15 is 0 Å². The SMILES string of the molecule is CCOc1ccc2c(c1)c(C)c(C(=O)NCCOc1ccc(OC)cc1)n2CC. The molecule has 6 heteroatoms. The highest BCUT2D eigenvalue weighted by Crippen LogP contribution is 2.29. The molecule has 1 aromatic heterocycles. The minimum atomic E-state index is -0.100. The Morgan fingerprint density at radius 1 is 1.00 bits per heavy atom. The first-order valence-corrected chi connectivity index (χ1v) is 9.89. The lowest BCUT2D eigenvalue weighted by molar-refractivity contribution is 0.0937. The summed E-state index contributed by atoms with van der Waals surface area (Å²) < 4.78 is 18.5. The van der Waals surface area contributed by atoms with Crippen molar-refractivity contribution in [3.8, 4) is 17.2 Å². The van der Waals surface area contributed by atoms with Crippen LogP contribution in [0, 0.1) is 6.92 Å². The summed E-state index contributed by atoms with van der Waals surface area (Å²) >= 11 is 0. The van der Waals surface area contributed by atoms with Gasteiger partial charge in [-0.05, 0) is 68.8 Å². The van der Waals surface area contributed by atoms with Gasteiger partial charge in [-0.3, -0.25) is 4.79 Å². The number of nitrogens with one attached hydrogen (secondary N) is 1. The smallest absolute Gasteiger partial charge is 0.268 e. The second-order valence-corrected chi connectivity index (χ2v) is 6.61. The Hall–Kier alpha value is -3.15. The molecule has 3 aromatic rings. The Balaban J connectivity index is 1.68. The Morgan fingerprint density at radius 3 is 2.34 bits per heavy atom. The molecule has 0 aliphatic rings. The Morgan fingerprint density at radius 2 is 1.69 bits per heavy atom. The van der Waals surface area contributed by atoms with E-state index < -0.39 is 0 Å². The monoisotopic (exact) mass is 396 g/mol. The number of rotatable bonds is 9. The molecule has 29 heavy (non-hydrogen) atoms. The van der Waals surface area contributed by atoms with Gasteiger partial charge in [0.25, 0.3) is 5.91 Å². The molecule has 154 valence electrons. The minimum absolute atomic E-state index is 0.100. The van der Waals surface area contributed by atoms with Crippen LogP contribution in [0.1, 0.15) is 29.9 Å². The van der Waals surface area contributed by atoms with Crippen molar-refractivity contribution in [1.82, 2.24) is 9.88 Å². The number of aromatic nitrogens is 1. The Bertz CT molecular complexity index is 977. The summed E-state index contributed by atoms with van der Waals surface area (Å²) in [6.45, 7) is 8.11. The molecular weight excluding hydrogens is 368 g/mol. The van der Waals surface area contributed by atoms with Crippen LogP contribution < -0.4 is 19.5 Å². The van der Waals surface area contributed by atoms with E-state index in [0.717, 1.165) is 33.7 Å². The maximum absolute atomic E-state index is 12.9. The van der Waals surface area contributed by atoms with Crippen LogP contribution in [0.3, 0.4) is 0 Å². The zero-order valence-electron chi connectivity index (χ0n) is 17.5. The molecule has 0 saturated heterocycles. The number of hydrogen-bond donors (Lipinski definition) is 1. The summed E-state index contributed by atoms with van der Waals surface area (Å²) in [5, 5.41) is 4.01. The predicted octanol–water partition coefficient (Wildman–Crippen LogP) is 4.19. The summed E-state index contributed by atoms with van der Waals surface area (Å²) in [6, 6.07) is 13.3. The minimum Gasteiger partial charge on any atom is -0.497 e. The number of carbonyl (C=O) groups excluding carboxylic acids is 1. The van der Waals surface area contributed by atoms with Crippen LogP contribution in [0.2, 0.25) is 0 Å². The highest BCUT2D eigenvalue weighted by atomic mass is 16.5. The van der Waals surface area contributed by atoms with E-state index in [2.05, 4.69) is 5.32 Å². The third kappa shape index (κ3) is 4.47. The van der Waals surface area contributed by atoms with Crippen LogP contribution in [-0.4, -0.2) is 37.3 Å². The van der Waals surface area contributed by atoms with Crippen molar-refractivity contribution in [3.05, 3.63) is 53.7 Å².